The van der Waals surface area contributed by atoms with Crippen molar-refractivity contribution in [3.63, 3.8) is 0 Å². The van der Waals surface area contributed by atoms with Crippen LogP contribution < -0.4 is 5.32 Å². The maximum Gasteiger partial charge on any atom is 0.416 e. The Kier molecular flexibility index (Phi) is 3.95. The molecule has 6 nitrogen and oxygen atoms in total. The quantitative estimate of drug-likeness (QED) is 0.428. The van der Waals surface area contributed by atoms with Crippen LogP contribution in [0.4, 0.5) is 34.8 Å². The summed E-state index contributed by atoms with van der Waals surface area (Å²) in [6.45, 7) is 0. The minimum Gasteiger partial charge on any atom is -0.337 e. The van der Waals surface area contributed by atoms with Crippen LogP contribution in [-0.4, -0.2) is 14.9 Å². The van der Waals surface area contributed by atoms with Gasteiger partial charge in [0, 0.05) is 6.07 Å². The van der Waals surface area contributed by atoms with Crippen molar-refractivity contribution in [3.05, 3.63) is 64.2 Å². The molecule has 1 heterocycles. The highest BCUT2D eigenvalue weighted by molar-refractivity contribution is 5.95. The van der Waals surface area contributed by atoms with E-state index < -0.39 is 28.2 Å². The van der Waals surface area contributed by atoms with E-state index in [1.807, 2.05) is 0 Å². The first-order valence-corrected chi connectivity index (χ1v) is 6.79. The van der Waals surface area contributed by atoms with Gasteiger partial charge in [-0.2, -0.15) is 13.2 Å². The number of nitro groups is 1. The van der Waals surface area contributed by atoms with Crippen molar-refractivity contribution in [2.45, 2.75) is 6.18 Å². The first-order chi connectivity index (χ1) is 11.8. The standard InChI is InChI=1S/C15H8F4N4O2/c16-10-5-4-8(15(17,18)19)6-11(10)22-14-9-2-1-3-12(23(24)25)13(9)20-7-21-14/h1-7H,(H,20,21,22). The Labute approximate surface area is 137 Å². The maximum atomic E-state index is 13.9. The van der Waals surface area contributed by atoms with E-state index in [0.717, 1.165) is 6.33 Å². The van der Waals surface area contributed by atoms with Crippen molar-refractivity contribution in [3.8, 4) is 0 Å². The van der Waals surface area contributed by atoms with Crippen LogP contribution in [-0.2, 0) is 6.18 Å². The molecule has 0 aliphatic carbocycles. The van der Waals surface area contributed by atoms with Crippen molar-refractivity contribution in [2.24, 2.45) is 0 Å². The van der Waals surface area contributed by atoms with Gasteiger partial charge in [0.2, 0.25) is 0 Å². The van der Waals surface area contributed by atoms with E-state index in [9.17, 15) is 27.7 Å². The molecule has 3 rings (SSSR count). The minimum atomic E-state index is -4.64. The summed E-state index contributed by atoms with van der Waals surface area (Å²) in [5, 5.41) is 13.7. The predicted octanol–water partition coefficient (Wildman–Crippen LogP) is 4.44. The van der Waals surface area contributed by atoms with Gasteiger partial charge in [0.25, 0.3) is 5.69 Å². The Balaban J connectivity index is 2.10. The van der Waals surface area contributed by atoms with Gasteiger partial charge in [-0.05, 0) is 24.3 Å². The number of hydrogen-bond donors (Lipinski definition) is 1. The fourth-order valence-corrected chi connectivity index (χ4v) is 2.24. The lowest BCUT2D eigenvalue weighted by molar-refractivity contribution is -0.383. The van der Waals surface area contributed by atoms with Crippen LogP contribution in [0.5, 0.6) is 0 Å². The van der Waals surface area contributed by atoms with Gasteiger partial charge in [-0.3, -0.25) is 10.1 Å². The maximum absolute atomic E-state index is 13.9. The molecule has 0 saturated heterocycles. The number of benzene rings is 2. The second-order valence-corrected chi connectivity index (χ2v) is 4.97. The van der Waals surface area contributed by atoms with Gasteiger partial charge in [0.05, 0.1) is 21.6 Å². The zero-order chi connectivity index (χ0) is 18.2. The summed E-state index contributed by atoms with van der Waals surface area (Å²) in [5.74, 6) is -0.975. The number of nitrogens with one attached hydrogen (secondary N) is 1. The van der Waals surface area contributed by atoms with Gasteiger partial charge in [0.15, 0.2) is 5.52 Å². The Morgan fingerprint density at radius 1 is 1.12 bits per heavy atom. The average molecular weight is 352 g/mol. The third-order valence-corrected chi connectivity index (χ3v) is 3.39. The first kappa shape index (κ1) is 16.6. The molecule has 3 aromatic rings. The molecule has 0 amide bonds. The summed E-state index contributed by atoms with van der Waals surface area (Å²) in [6.07, 6.45) is -3.64. The molecule has 10 heteroatoms. The summed E-state index contributed by atoms with van der Waals surface area (Å²) in [5.41, 5.74) is -1.81. The Morgan fingerprint density at radius 2 is 1.88 bits per heavy atom. The van der Waals surface area contributed by atoms with Crippen LogP contribution in [0, 0.1) is 15.9 Å². The number of nitro benzene ring substituents is 1. The van der Waals surface area contributed by atoms with Crippen molar-refractivity contribution >= 4 is 28.1 Å². The Bertz CT molecular complexity index is 975. The van der Waals surface area contributed by atoms with Gasteiger partial charge in [-0.15, -0.1) is 0 Å². The van der Waals surface area contributed by atoms with E-state index in [0.29, 0.717) is 18.2 Å². The van der Waals surface area contributed by atoms with E-state index in [1.165, 1.54) is 18.2 Å². The molecule has 0 atom stereocenters. The van der Waals surface area contributed by atoms with E-state index in [-0.39, 0.29) is 22.4 Å². The van der Waals surface area contributed by atoms with Crippen LogP contribution in [0.2, 0.25) is 0 Å². The SMILES string of the molecule is O=[N+]([O-])c1cccc2c(Nc3cc(C(F)(F)F)ccc3F)ncnc12. The van der Waals surface area contributed by atoms with E-state index in [4.69, 9.17) is 0 Å². The highest BCUT2D eigenvalue weighted by Gasteiger charge is 2.31. The molecule has 1 N–H and O–H groups in total. The molecule has 1 aromatic heterocycles. The zero-order valence-corrected chi connectivity index (χ0v) is 12.2. The first-order valence-electron chi connectivity index (χ1n) is 6.79. The monoisotopic (exact) mass is 352 g/mol. The second-order valence-electron chi connectivity index (χ2n) is 4.97. The number of fused-ring (bicyclic) bond motifs is 1. The van der Waals surface area contributed by atoms with Crippen LogP contribution in [0.15, 0.2) is 42.7 Å². The number of anilines is 2. The molecule has 25 heavy (non-hydrogen) atoms. The molecule has 0 radical (unpaired) electrons. The highest BCUT2D eigenvalue weighted by atomic mass is 19.4. The van der Waals surface area contributed by atoms with E-state index in [2.05, 4.69) is 15.3 Å². The summed E-state index contributed by atoms with van der Waals surface area (Å²) in [7, 11) is 0. The van der Waals surface area contributed by atoms with Gasteiger partial charge >= 0.3 is 6.18 Å². The molecule has 0 bridgehead atoms. The molecule has 0 saturated carbocycles. The highest BCUT2D eigenvalue weighted by Crippen LogP contribution is 2.34. The molecule has 0 unspecified atom stereocenters. The number of nitrogens with zero attached hydrogens (tertiary/aromatic N) is 3. The van der Waals surface area contributed by atoms with Gasteiger partial charge < -0.3 is 5.32 Å². The zero-order valence-electron chi connectivity index (χ0n) is 12.2. The second kappa shape index (κ2) is 5.96. The van der Waals surface area contributed by atoms with Crippen LogP contribution >= 0.6 is 0 Å². The largest absolute Gasteiger partial charge is 0.416 e. The van der Waals surface area contributed by atoms with Crippen LogP contribution in [0.1, 0.15) is 5.56 Å². The number of hydrogen-bond acceptors (Lipinski definition) is 5. The summed E-state index contributed by atoms with van der Waals surface area (Å²) in [6, 6.07) is 5.93. The van der Waals surface area contributed by atoms with Crippen LogP contribution in [0.3, 0.4) is 0 Å². The van der Waals surface area contributed by atoms with Gasteiger partial charge in [-0.25, -0.2) is 14.4 Å². The third kappa shape index (κ3) is 3.18. The molecule has 0 aliphatic rings. The molecule has 0 aliphatic heterocycles. The fraction of sp³-hybridized carbons (Fsp3) is 0.0667. The number of alkyl halides is 3. The molecular weight excluding hydrogens is 344 g/mol. The summed E-state index contributed by atoms with van der Waals surface area (Å²) >= 11 is 0. The van der Waals surface area contributed by atoms with Gasteiger partial charge in [-0.1, -0.05) is 6.07 Å². The smallest absolute Gasteiger partial charge is 0.337 e. The number of halogens is 4. The molecule has 0 spiro atoms. The van der Waals surface area contributed by atoms with Crippen molar-refractivity contribution in [2.75, 3.05) is 5.32 Å². The number of para-hydroxylation sites is 1. The molecule has 2 aromatic carbocycles. The number of aromatic nitrogens is 2. The summed E-state index contributed by atoms with van der Waals surface area (Å²) in [4.78, 5) is 18.0. The average Bonchev–Trinajstić information content (AvgIpc) is 2.55. The summed E-state index contributed by atoms with van der Waals surface area (Å²) < 4.78 is 52.2. The van der Waals surface area contributed by atoms with Gasteiger partial charge in [0.1, 0.15) is 18.0 Å². The fourth-order valence-electron chi connectivity index (χ4n) is 2.24. The topological polar surface area (TPSA) is 81.0 Å². The normalized spacial score (nSPS) is 11.5. The Morgan fingerprint density at radius 3 is 2.56 bits per heavy atom. The van der Waals surface area contributed by atoms with E-state index in [1.54, 1.807) is 0 Å². The number of non-ortho nitro benzene ring substituents is 1. The molecular formula is C15H8F4N4O2. The van der Waals surface area contributed by atoms with Crippen molar-refractivity contribution in [1.82, 2.24) is 9.97 Å². The molecule has 128 valence electrons. The number of rotatable bonds is 3. The Hall–Kier alpha value is -3.30. The lowest BCUT2D eigenvalue weighted by atomic mass is 10.1. The predicted molar refractivity (Wildman–Crippen MR) is 80.9 cm³/mol. The van der Waals surface area contributed by atoms with Crippen molar-refractivity contribution < 1.29 is 22.5 Å². The lowest BCUT2D eigenvalue weighted by Crippen LogP contribution is -2.07. The third-order valence-electron chi connectivity index (χ3n) is 3.39. The molecule has 0 fully saturated rings. The minimum absolute atomic E-state index is 0.0163. The van der Waals surface area contributed by atoms with E-state index >= 15 is 0 Å². The van der Waals surface area contributed by atoms with Crippen molar-refractivity contribution in [1.29, 1.82) is 0 Å². The lowest BCUT2D eigenvalue weighted by Gasteiger charge is -2.12. The van der Waals surface area contributed by atoms with Crippen LogP contribution in [0.25, 0.3) is 10.9 Å².